The third kappa shape index (κ3) is 3.96. The minimum atomic E-state index is -4.28. The molecule has 1 aliphatic rings. The summed E-state index contributed by atoms with van der Waals surface area (Å²) < 4.78 is 43.3. The Labute approximate surface area is 117 Å². The number of halogens is 3. The summed E-state index contributed by atoms with van der Waals surface area (Å²) in [5, 5.41) is 3.32. The standard InChI is InChI=1S/C15H20F3NO/c1-2-19-14(10-13-4-3-9-20-13)11-5-7-12(8-6-11)15(16,17)18/h5-8,13-14,19H,2-4,9-10H2,1H3. The van der Waals surface area contributed by atoms with E-state index in [4.69, 9.17) is 4.74 Å². The number of ether oxygens (including phenoxy) is 1. The van der Waals surface area contributed by atoms with Gasteiger partial charge in [-0.25, -0.2) is 0 Å². The smallest absolute Gasteiger partial charge is 0.378 e. The molecule has 0 aliphatic carbocycles. The molecule has 2 atom stereocenters. The van der Waals surface area contributed by atoms with Crippen LogP contribution in [0.2, 0.25) is 0 Å². The Morgan fingerprint density at radius 1 is 1.30 bits per heavy atom. The van der Waals surface area contributed by atoms with Crippen LogP contribution in [0.4, 0.5) is 13.2 Å². The maximum Gasteiger partial charge on any atom is 0.416 e. The van der Waals surface area contributed by atoms with Gasteiger partial charge in [-0.2, -0.15) is 13.2 Å². The van der Waals surface area contributed by atoms with Gasteiger partial charge in [0.2, 0.25) is 0 Å². The van der Waals surface area contributed by atoms with E-state index in [2.05, 4.69) is 5.32 Å². The Morgan fingerprint density at radius 2 is 2.00 bits per heavy atom. The first kappa shape index (κ1) is 15.3. The van der Waals surface area contributed by atoms with Crippen molar-refractivity contribution in [2.45, 2.75) is 44.5 Å². The molecule has 0 saturated carbocycles. The van der Waals surface area contributed by atoms with Gasteiger partial charge in [-0.05, 0) is 43.5 Å². The van der Waals surface area contributed by atoms with Gasteiger partial charge in [0.15, 0.2) is 0 Å². The van der Waals surface area contributed by atoms with Crippen LogP contribution in [0.15, 0.2) is 24.3 Å². The molecule has 0 spiro atoms. The van der Waals surface area contributed by atoms with Crippen molar-refractivity contribution in [2.24, 2.45) is 0 Å². The molecule has 0 bridgehead atoms. The first-order valence-corrected chi connectivity index (χ1v) is 7.03. The molecule has 0 radical (unpaired) electrons. The first-order chi connectivity index (χ1) is 9.50. The highest BCUT2D eigenvalue weighted by Gasteiger charge is 2.30. The molecule has 1 aliphatic heterocycles. The van der Waals surface area contributed by atoms with Gasteiger partial charge in [0.05, 0.1) is 11.7 Å². The first-order valence-electron chi connectivity index (χ1n) is 7.03. The summed E-state index contributed by atoms with van der Waals surface area (Å²) >= 11 is 0. The van der Waals surface area contributed by atoms with E-state index in [0.717, 1.165) is 50.1 Å². The van der Waals surface area contributed by atoms with Crippen molar-refractivity contribution >= 4 is 0 Å². The molecule has 5 heteroatoms. The lowest BCUT2D eigenvalue weighted by Crippen LogP contribution is -2.25. The maximum absolute atomic E-state index is 12.6. The van der Waals surface area contributed by atoms with Gasteiger partial charge in [0.25, 0.3) is 0 Å². The predicted octanol–water partition coefficient (Wildman–Crippen LogP) is 3.93. The quantitative estimate of drug-likeness (QED) is 0.886. The Hall–Kier alpha value is -1.07. The Bertz CT molecular complexity index is 410. The number of hydrogen-bond donors (Lipinski definition) is 1. The van der Waals surface area contributed by atoms with E-state index >= 15 is 0 Å². The molecular weight excluding hydrogens is 267 g/mol. The number of alkyl halides is 3. The molecule has 1 heterocycles. The lowest BCUT2D eigenvalue weighted by Gasteiger charge is -2.22. The Kier molecular flexibility index (Phi) is 5.05. The predicted molar refractivity (Wildman–Crippen MR) is 71.5 cm³/mol. The van der Waals surface area contributed by atoms with Gasteiger partial charge in [0, 0.05) is 12.6 Å². The largest absolute Gasteiger partial charge is 0.416 e. The van der Waals surface area contributed by atoms with E-state index in [1.807, 2.05) is 6.92 Å². The van der Waals surface area contributed by atoms with Crippen molar-refractivity contribution in [2.75, 3.05) is 13.2 Å². The van der Waals surface area contributed by atoms with Gasteiger partial charge in [-0.15, -0.1) is 0 Å². The van der Waals surface area contributed by atoms with Crippen LogP contribution in [0.5, 0.6) is 0 Å². The topological polar surface area (TPSA) is 21.3 Å². The van der Waals surface area contributed by atoms with E-state index < -0.39 is 11.7 Å². The van der Waals surface area contributed by atoms with Gasteiger partial charge >= 0.3 is 6.18 Å². The van der Waals surface area contributed by atoms with Gasteiger partial charge in [-0.3, -0.25) is 0 Å². The van der Waals surface area contributed by atoms with Crippen LogP contribution in [0.3, 0.4) is 0 Å². The monoisotopic (exact) mass is 287 g/mol. The molecule has 1 aromatic rings. The Morgan fingerprint density at radius 3 is 2.50 bits per heavy atom. The summed E-state index contributed by atoms with van der Waals surface area (Å²) in [5.41, 5.74) is 0.281. The van der Waals surface area contributed by atoms with Crippen molar-refractivity contribution in [3.05, 3.63) is 35.4 Å². The minimum absolute atomic E-state index is 0.0467. The molecule has 20 heavy (non-hydrogen) atoms. The molecule has 2 unspecified atom stereocenters. The van der Waals surface area contributed by atoms with Gasteiger partial charge in [-0.1, -0.05) is 19.1 Å². The number of benzene rings is 1. The average Bonchev–Trinajstić information content (AvgIpc) is 2.90. The second-order valence-electron chi connectivity index (χ2n) is 5.10. The summed E-state index contributed by atoms with van der Waals surface area (Å²) in [6.07, 6.45) is -1.17. The highest BCUT2D eigenvalue weighted by atomic mass is 19.4. The zero-order valence-electron chi connectivity index (χ0n) is 11.5. The molecule has 1 aromatic carbocycles. The van der Waals surface area contributed by atoms with Crippen LogP contribution in [0.25, 0.3) is 0 Å². The lowest BCUT2D eigenvalue weighted by atomic mass is 9.98. The van der Waals surface area contributed by atoms with Crippen molar-refractivity contribution in [3.63, 3.8) is 0 Å². The molecule has 1 fully saturated rings. The van der Waals surface area contributed by atoms with E-state index in [0.29, 0.717) is 0 Å². The molecule has 0 amide bonds. The minimum Gasteiger partial charge on any atom is -0.378 e. The fourth-order valence-corrected chi connectivity index (χ4v) is 2.58. The second-order valence-corrected chi connectivity index (χ2v) is 5.10. The second kappa shape index (κ2) is 6.59. The van der Waals surface area contributed by atoms with Gasteiger partial charge < -0.3 is 10.1 Å². The fourth-order valence-electron chi connectivity index (χ4n) is 2.58. The maximum atomic E-state index is 12.6. The third-order valence-corrected chi connectivity index (χ3v) is 3.61. The van der Waals surface area contributed by atoms with Crippen LogP contribution in [-0.2, 0) is 10.9 Å². The zero-order valence-corrected chi connectivity index (χ0v) is 11.5. The number of rotatable bonds is 5. The van der Waals surface area contributed by atoms with Crippen LogP contribution >= 0.6 is 0 Å². The average molecular weight is 287 g/mol. The molecule has 2 rings (SSSR count). The zero-order chi connectivity index (χ0) is 14.6. The highest BCUT2D eigenvalue weighted by Crippen LogP contribution is 2.31. The summed E-state index contributed by atoms with van der Waals surface area (Å²) in [6.45, 7) is 3.56. The Balaban J connectivity index is 2.08. The summed E-state index contributed by atoms with van der Waals surface area (Å²) in [5.74, 6) is 0. The number of nitrogens with one attached hydrogen (secondary N) is 1. The van der Waals surface area contributed by atoms with E-state index in [1.165, 1.54) is 0 Å². The summed E-state index contributed by atoms with van der Waals surface area (Å²) in [7, 11) is 0. The van der Waals surface area contributed by atoms with E-state index in [9.17, 15) is 13.2 Å². The lowest BCUT2D eigenvalue weighted by molar-refractivity contribution is -0.137. The van der Waals surface area contributed by atoms with Crippen LogP contribution in [0.1, 0.15) is 43.4 Å². The normalized spacial score (nSPS) is 21.1. The van der Waals surface area contributed by atoms with Crippen molar-refractivity contribution in [3.8, 4) is 0 Å². The van der Waals surface area contributed by atoms with Crippen LogP contribution < -0.4 is 5.32 Å². The fraction of sp³-hybridized carbons (Fsp3) is 0.600. The molecule has 0 aromatic heterocycles. The molecule has 2 nitrogen and oxygen atoms in total. The van der Waals surface area contributed by atoms with Crippen molar-refractivity contribution in [1.29, 1.82) is 0 Å². The van der Waals surface area contributed by atoms with Crippen LogP contribution in [0, 0.1) is 0 Å². The molecule has 112 valence electrons. The highest BCUT2D eigenvalue weighted by molar-refractivity contribution is 5.27. The van der Waals surface area contributed by atoms with Crippen molar-refractivity contribution in [1.82, 2.24) is 5.32 Å². The summed E-state index contributed by atoms with van der Waals surface area (Å²) in [6, 6.07) is 5.46. The van der Waals surface area contributed by atoms with E-state index in [-0.39, 0.29) is 12.1 Å². The molecular formula is C15H20F3NO. The van der Waals surface area contributed by atoms with Crippen LogP contribution in [-0.4, -0.2) is 19.3 Å². The van der Waals surface area contributed by atoms with Crippen molar-refractivity contribution < 1.29 is 17.9 Å². The summed E-state index contributed by atoms with van der Waals surface area (Å²) in [4.78, 5) is 0. The number of hydrogen-bond acceptors (Lipinski definition) is 2. The van der Waals surface area contributed by atoms with Gasteiger partial charge in [0.1, 0.15) is 0 Å². The molecule has 1 saturated heterocycles. The third-order valence-electron chi connectivity index (χ3n) is 3.61. The molecule has 1 N–H and O–H groups in total. The SMILES string of the molecule is CCNC(CC1CCCO1)c1ccc(C(F)(F)F)cc1. The van der Waals surface area contributed by atoms with E-state index in [1.54, 1.807) is 12.1 Å².